The molecular formula is C16H13F3O2. The van der Waals surface area contributed by atoms with Gasteiger partial charge in [-0.25, -0.2) is 0 Å². The van der Waals surface area contributed by atoms with Gasteiger partial charge in [0.1, 0.15) is 11.5 Å². The highest BCUT2D eigenvalue weighted by Crippen LogP contribution is 2.28. The summed E-state index contributed by atoms with van der Waals surface area (Å²) >= 11 is 0. The van der Waals surface area contributed by atoms with Crippen LogP contribution in [0.1, 0.15) is 12.5 Å². The summed E-state index contributed by atoms with van der Waals surface area (Å²) in [6.07, 6.45) is -4.41. The van der Waals surface area contributed by atoms with Gasteiger partial charge in [0.05, 0.1) is 0 Å². The standard InChI is InChI=1S/C16H13F3O2/c1-11(20)8-12-4-2-5-13(9-12)14-6-3-7-15(10-14)21-16(17,18)19/h2-7,9-10H,8H2,1H3. The van der Waals surface area contributed by atoms with Crippen LogP contribution in [0.2, 0.25) is 0 Å². The van der Waals surface area contributed by atoms with Crippen LogP contribution < -0.4 is 4.74 Å². The van der Waals surface area contributed by atoms with E-state index in [0.717, 1.165) is 11.1 Å². The fraction of sp³-hybridized carbons (Fsp3) is 0.188. The Morgan fingerprint density at radius 2 is 1.67 bits per heavy atom. The smallest absolute Gasteiger partial charge is 0.406 e. The third-order valence-electron chi connectivity index (χ3n) is 2.78. The number of carbonyl (C=O) groups excluding carboxylic acids is 1. The molecule has 0 aromatic heterocycles. The fourth-order valence-corrected chi connectivity index (χ4v) is 2.02. The van der Waals surface area contributed by atoms with Crippen LogP contribution in [0.15, 0.2) is 48.5 Å². The lowest BCUT2D eigenvalue weighted by molar-refractivity contribution is -0.274. The molecule has 0 saturated carbocycles. The van der Waals surface area contributed by atoms with Crippen molar-refractivity contribution in [2.24, 2.45) is 0 Å². The molecular weight excluding hydrogens is 281 g/mol. The molecule has 0 amide bonds. The average molecular weight is 294 g/mol. The first-order valence-corrected chi connectivity index (χ1v) is 6.28. The number of benzene rings is 2. The number of hydrogen-bond donors (Lipinski definition) is 0. The normalized spacial score (nSPS) is 11.2. The molecule has 0 aliphatic carbocycles. The summed E-state index contributed by atoms with van der Waals surface area (Å²) in [6, 6.07) is 12.9. The quantitative estimate of drug-likeness (QED) is 0.836. The van der Waals surface area contributed by atoms with Gasteiger partial charge in [-0.2, -0.15) is 0 Å². The molecule has 0 spiro atoms. The van der Waals surface area contributed by atoms with Gasteiger partial charge in [-0.3, -0.25) is 4.79 Å². The molecule has 21 heavy (non-hydrogen) atoms. The van der Waals surface area contributed by atoms with Crippen molar-refractivity contribution < 1.29 is 22.7 Å². The molecule has 0 heterocycles. The van der Waals surface area contributed by atoms with Gasteiger partial charge in [-0.1, -0.05) is 36.4 Å². The van der Waals surface area contributed by atoms with Crippen molar-refractivity contribution in [2.45, 2.75) is 19.7 Å². The molecule has 0 bridgehead atoms. The molecule has 0 saturated heterocycles. The highest BCUT2D eigenvalue weighted by Gasteiger charge is 2.31. The summed E-state index contributed by atoms with van der Waals surface area (Å²) in [5, 5.41) is 0. The van der Waals surface area contributed by atoms with Crippen LogP contribution in [-0.2, 0) is 11.2 Å². The molecule has 0 aliphatic rings. The van der Waals surface area contributed by atoms with Crippen LogP contribution in [0.25, 0.3) is 11.1 Å². The average Bonchev–Trinajstić information content (AvgIpc) is 2.36. The van der Waals surface area contributed by atoms with Crippen LogP contribution in [0.3, 0.4) is 0 Å². The number of ether oxygens (including phenoxy) is 1. The van der Waals surface area contributed by atoms with Crippen LogP contribution in [-0.4, -0.2) is 12.1 Å². The molecule has 0 N–H and O–H groups in total. The van der Waals surface area contributed by atoms with Crippen LogP contribution >= 0.6 is 0 Å². The van der Waals surface area contributed by atoms with Gasteiger partial charge in [0, 0.05) is 6.42 Å². The van der Waals surface area contributed by atoms with Gasteiger partial charge in [0.15, 0.2) is 0 Å². The van der Waals surface area contributed by atoms with E-state index in [2.05, 4.69) is 4.74 Å². The molecule has 0 aliphatic heterocycles. The van der Waals surface area contributed by atoms with E-state index in [1.807, 2.05) is 0 Å². The van der Waals surface area contributed by atoms with E-state index in [-0.39, 0.29) is 11.5 Å². The van der Waals surface area contributed by atoms with Crippen molar-refractivity contribution in [3.8, 4) is 16.9 Å². The Balaban J connectivity index is 2.29. The van der Waals surface area contributed by atoms with E-state index in [1.54, 1.807) is 30.3 Å². The summed E-state index contributed by atoms with van der Waals surface area (Å²) in [4.78, 5) is 11.1. The molecule has 110 valence electrons. The predicted octanol–water partition coefficient (Wildman–Crippen LogP) is 4.38. The third-order valence-corrected chi connectivity index (χ3v) is 2.78. The molecule has 2 rings (SSSR count). The highest BCUT2D eigenvalue weighted by molar-refractivity contribution is 5.79. The number of alkyl halides is 3. The minimum Gasteiger partial charge on any atom is -0.406 e. The SMILES string of the molecule is CC(=O)Cc1cccc(-c2cccc(OC(F)(F)F)c2)c1. The summed E-state index contributed by atoms with van der Waals surface area (Å²) in [5.74, 6) is -0.238. The second kappa shape index (κ2) is 5.99. The van der Waals surface area contributed by atoms with E-state index < -0.39 is 6.36 Å². The van der Waals surface area contributed by atoms with E-state index in [4.69, 9.17) is 0 Å². The maximum Gasteiger partial charge on any atom is 0.573 e. The maximum atomic E-state index is 12.2. The van der Waals surface area contributed by atoms with Gasteiger partial charge in [0.2, 0.25) is 0 Å². The minimum absolute atomic E-state index is 0.0290. The Morgan fingerprint density at radius 1 is 1.05 bits per heavy atom. The van der Waals surface area contributed by atoms with E-state index in [9.17, 15) is 18.0 Å². The lowest BCUT2D eigenvalue weighted by Crippen LogP contribution is -2.17. The van der Waals surface area contributed by atoms with Crippen LogP contribution in [0.4, 0.5) is 13.2 Å². The van der Waals surface area contributed by atoms with E-state index >= 15 is 0 Å². The second-order valence-electron chi connectivity index (χ2n) is 4.65. The van der Waals surface area contributed by atoms with Gasteiger partial charge in [-0.05, 0) is 35.7 Å². The van der Waals surface area contributed by atoms with Crippen LogP contribution in [0.5, 0.6) is 5.75 Å². The zero-order valence-electron chi connectivity index (χ0n) is 11.3. The molecule has 2 aromatic rings. The van der Waals surface area contributed by atoms with E-state index in [1.165, 1.54) is 25.1 Å². The number of hydrogen-bond acceptors (Lipinski definition) is 2. The summed E-state index contributed by atoms with van der Waals surface area (Å²) < 4.78 is 40.6. The monoisotopic (exact) mass is 294 g/mol. The molecule has 2 nitrogen and oxygen atoms in total. The summed E-state index contributed by atoms with van der Waals surface area (Å²) in [5.41, 5.74) is 2.16. The van der Waals surface area contributed by atoms with Crippen molar-refractivity contribution in [1.29, 1.82) is 0 Å². The van der Waals surface area contributed by atoms with Gasteiger partial charge >= 0.3 is 6.36 Å². The Morgan fingerprint density at radius 3 is 2.29 bits per heavy atom. The van der Waals surface area contributed by atoms with Crippen molar-refractivity contribution >= 4 is 5.78 Å². The molecule has 5 heteroatoms. The highest BCUT2D eigenvalue weighted by atomic mass is 19.4. The molecule has 2 aromatic carbocycles. The van der Waals surface area contributed by atoms with Crippen LogP contribution in [0, 0.1) is 0 Å². The van der Waals surface area contributed by atoms with Crippen molar-refractivity contribution in [2.75, 3.05) is 0 Å². The minimum atomic E-state index is -4.71. The zero-order valence-corrected chi connectivity index (χ0v) is 11.3. The Labute approximate surface area is 120 Å². The van der Waals surface area contributed by atoms with Crippen molar-refractivity contribution in [3.05, 3.63) is 54.1 Å². The first-order valence-electron chi connectivity index (χ1n) is 6.28. The molecule has 0 radical (unpaired) electrons. The molecule has 0 unspecified atom stereocenters. The zero-order chi connectivity index (χ0) is 15.5. The number of halogens is 3. The molecule has 0 atom stereocenters. The first-order chi connectivity index (χ1) is 9.83. The Bertz CT molecular complexity index is 648. The number of carbonyl (C=O) groups is 1. The molecule has 0 fully saturated rings. The van der Waals surface area contributed by atoms with Gasteiger partial charge < -0.3 is 4.74 Å². The topological polar surface area (TPSA) is 26.3 Å². The van der Waals surface area contributed by atoms with E-state index in [0.29, 0.717) is 12.0 Å². The van der Waals surface area contributed by atoms with Gasteiger partial charge in [-0.15, -0.1) is 13.2 Å². The first kappa shape index (κ1) is 15.1. The summed E-state index contributed by atoms with van der Waals surface area (Å²) in [7, 11) is 0. The number of ketones is 1. The van der Waals surface area contributed by atoms with Crippen molar-refractivity contribution in [1.82, 2.24) is 0 Å². The second-order valence-corrected chi connectivity index (χ2v) is 4.65. The van der Waals surface area contributed by atoms with Crippen molar-refractivity contribution in [3.63, 3.8) is 0 Å². The Kier molecular flexibility index (Phi) is 4.31. The number of Topliss-reactive ketones (excluding diaryl/α,β-unsaturated/α-hetero) is 1. The largest absolute Gasteiger partial charge is 0.573 e. The predicted molar refractivity (Wildman–Crippen MR) is 72.9 cm³/mol. The lowest BCUT2D eigenvalue weighted by atomic mass is 10.0. The maximum absolute atomic E-state index is 12.2. The number of rotatable bonds is 4. The Hall–Kier alpha value is -2.30. The summed E-state index contributed by atoms with van der Waals surface area (Å²) in [6.45, 7) is 1.49. The lowest BCUT2D eigenvalue weighted by Gasteiger charge is -2.10. The third kappa shape index (κ3) is 4.63. The fourth-order valence-electron chi connectivity index (χ4n) is 2.02. The van der Waals surface area contributed by atoms with Gasteiger partial charge in [0.25, 0.3) is 0 Å².